The zero-order chi connectivity index (χ0) is 12.7. The first kappa shape index (κ1) is 14.1. The van der Waals surface area contributed by atoms with Crippen molar-refractivity contribution in [1.29, 1.82) is 0 Å². The largest absolute Gasteiger partial charge is 0.610 e. The Balaban J connectivity index is 5.23. The minimum absolute atomic E-state index is 3.54. The Morgan fingerprint density at radius 3 is 1.60 bits per heavy atom. The van der Waals surface area contributed by atoms with Crippen molar-refractivity contribution < 1.29 is 44.0 Å². The third kappa shape index (κ3) is 2.79. The second-order valence-corrected chi connectivity index (χ2v) is 3.90. The SMILES string of the molecule is O=C([NH+]([O-])S(=O)(=O)C(F)(F)F)C(F)(F)F. The van der Waals surface area contributed by atoms with Crippen LogP contribution in [0.3, 0.4) is 0 Å². The number of amides is 1. The average molecular weight is 261 g/mol. The monoisotopic (exact) mass is 261 g/mol. The summed E-state index contributed by atoms with van der Waals surface area (Å²) in [6.07, 6.45) is -5.96. The zero-order valence-corrected chi connectivity index (χ0v) is 7.13. The minimum atomic E-state index is -6.77. The van der Waals surface area contributed by atoms with Crippen LogP contribution in [-0.4, -0.2) is 26.0 Å². The molecule has 0 spiro atoms. The second kappa shape index (κ2) is 3.61. The number of sulfonamides is 1. The summed E-state index contributed by atoms with van der Waals surface area (Å²) in [4.78, 5) is 9.90. The lowest BCUT2D eigenvalue weighted by molar-refractivity contribution is -0.634. The molecule has 5 nitrogen and oxygen atoms in total. The van der Waals surface area contributed by atoms with Gasteiger partial charge >= 0.3 is 27.6 Å². The van der Waals surface area contributed by atoms with Gasteiger partial charge in [-0.05, 0) is 0 Å². The van der Waals surface area contributed by atoms with E-state index in [9.17, 15) is 44.8 Å². The van der Waals surface area contributed by atoms with Crippen LogP contribution < -0.4 is 4.47 Å². The average Bonchev–Trinajstić information content (AvgIpc) is 1.97. The number of quaternary nitrogens is 1. The van der Waals surface area contributed by atoms with E-state index in [0.29, 0.717) is 0 Å². The molecule has 0 heterocycles. The van der Waals surface area contributed by atoms with Crippen molar-refractivity contribution in [3.63, 3.8) is 0 Å². The molecule has 0 aromatic carbocycles. The predicted molar refractivity (Wildman–Crippen MR) is 30.4 cm³/mol. The minimum Gasteiger partial charge on any atom is -0.610 e. The van der Waals surface area contributed by atoms with Gasteiger partial charge in [0.1, 0.15) is 0 Å². The van der Waals surface area contributed by atoms with E-state index >= 15 is 0 Å². The molecule has 0 radical (unpaired) electrons. The third-order valence-corrected chi connectivity index (χ3v) is 2.27. The molecule has 12 heteroatoms. The molecule has 0 aliphatic carbocycles. The van der Waals surface area contributed by atoms with E-state index in [2.05, 4.69) is 0 Å². The molecule has 0 fully saturated rings. The quantitative estimate of drug-likeness (QED) is 0.500. The molecule has 1 atom stereocenters. The van der Waals surface area contributed by atoms with Crippen LogP contribution >= 0.6 is 0 Å². The molecule has 1 unspecified atom stereocenters. The Kier molecular flexibility index (Phi) is 3.39. The molecule has 0 aromatic heterocycles. The summed E-state index contributed by atoms with van der Waals surface area (Å²) in [5.74, 6) is -3.58. The lowest BCUT2D eigenvalue weighted by Gasteiger charge is -2.20. The van der Waals surface area contributed by atoms with Gasteiger partial charge < -0.3 is 5.21 Å². The third-order valence-electron chi connectivity index (χ3n) is 0.992. The lowest BCUT2D eigenvalue weighted by Crippen LogP contribution is -3.15. The number of nitrogens with one attached hydrogen (secondary N) is 1. The van der Waals surface area contributed by atoms with Crippen LogP contribution in [0.5, 0.6) is 0 Å². The fourth-order valence-corrected chi connectivity index (χ4v) is 0.913. The maximum absolute atomic E-state index is 11.5. The van der Waals surface area contributed by atoms with Gasteiger partial charge in [-0.25, -0.2) is 4.79 Å². The highest BCUT2D eigenvalue weighted by Crippen LogP contribution is 2.20. The van der Waals surface area contributed by atoms with Gasteiger partial charge in [0.05, 0.1) is 0 Å². The maximum atomic E-state index is 11.5. The van der Waals surface area contributed by atoms with Crippen molar-refractivity contribution in [3.8, 4) is 0 Å². The van der Waals surface area contributed by atoms with Gasteiger partial charge in [0.15, 0.2) is 0 Å². The summed E-state index contributed by atoms with van der Waals surface area (Å²) in [5.41, 5.74) is -6.23. The highest BCUT2D eigenvalue weighted by atomic mass is 32.2. The summed E-state index contributed by atoms with van der Waals surface area (Å²) in [6.45, 7) is 0. The summed E-state index contributed by atoms with van der Waals surface area (Å²) in [5, 5.41) is 10.1. The van der Waals surface area contributed by atoms with Crippen molar-refractivity contribution in [3.05, 3.63) is 5.21 Å². The van der Waals surface area contributed by atoms with Crippen LogP contribution in [0.15, 0.2) is 0 Å². The normalized spacial score (nSPS) is 16.2. The fourth-order valence-electron chi connectivity index (χ4n) is 0.343. The van der Waals surface area contributed by atoms with Gasteiger partial charge in [-0.15, -0.1) is 0 Å². The number of hydrogen-bond acceptors (Lipinski definition) is 4. The Labute approximate surface area is 77.9 Å². The molecule has 0 aromatic rings. The van der Waals surface area contributed by atoms with E-state index in [-0.39, 0.29) is 0 Å². The van der Waals surface area contributed by atoms with Gasteiger partial charge in [0.2, 0.25) is 0 Å². The molecule has 0 bridgehead atoms. The molecule has 0 rings (SSSR count). The molecule has 15 heavy (non-hydrogen) atoms. The zero-order valence-electron chi connectivity index (χ0n) is 6.31. The van der Waals surface area contributed by atoms with Crippen LogP contribution in [-0.2, 0) is 14.8 Å². The maximum Gasteiger partial charge on any atom is 0.550 e. The Bertz CT molecular complexity index is 354. The van der Waals surface area contributed by atoms with Gasteiger partial charge in [-0.3, -0.25) is 0 Å². The van der Waals surface area contributed by atoms with Gasteiger partial charge in [-0.2, -0.15) is 39.2 Å². The molecule has 90 valence electrons. The van der Waals surface area contributed by atoms with Gasteiger partial charge in [-0.1, -0.05) is 0 Å². The van der Waals surface area contributed by atoms with Crippen LogP contribution in [0.4, 0.5) is 26.3 Å². The highest BCUT2D eigenvalue weighted by molar-refractivity contribution is 7.86. The number of hydroxylamine groups is 1. The van der Waals surface area contributed by atoms with Gasteiger partial charge in [0, 0.05) is 0 Å². The summed E-state index contributed by atoms with van der Waals surface area (Å²) < 4.78 is 85.3. The molecule has 0 aliphatic rings. The number of halogens is 6. The highest BCUT2D eigenvalue weighted by Gasteiger charge is 2.58. The van der Waals surface area contributed by atoms with Gasteiger partial charge in [0.25, 0.3) is 0 Å². The Morgan fingerprint density at radius 2 is 1.40 bits per heavy atom. The van der Waals surface area contributed by atoms with E-state index < -0.39 is 32.1 Å². The number of carbonyl (C=O) groups excluding carboxylic acids is 1. The molecule has 1 amide bonds. The molecule has 0 saturated carbocycles. The van der Waals surface area contributed by atoms with E-state index in [1.807, 2.05) is 0 Å². The Morgan fingerprint density at radius 1 is 1.07 bits per heavy atom. The molecule has 0 aliphatic heterocycles. The van der Waals surface area contributed by atoms with Crippen LogP contribution in [0.25, 0.3) is 0 Å². The second-order valence-electron chi connectivity index (χ2n) is 2.06. The van der Waals surface area contributed by atoms with E-state index in [0.717, 1.165) is 0 Å². The molecule has 0 saturated heterocycles. The summed E-state index contributed by atoms with van der Waals surface area (Å²) >= 11 is 0. The van der Waals surface area contributed by atoms with E-state index in [1.165, 1.54) is 0 Å². The van der Waals surface area contributed by atoms with Crippen molar-refractivity contribution in [2.45, 2.75) is 11.7 Å². The van der Waals surface area contributed by atoms with Crippen LogP contribution in [0.2, 0.25) is 0 Å². The Hall–Kier alpha value is -0.880. The van der Waals surface area contributed by atoms with Crippen molar-refractivity contribution in [2.75, 3.05) is 0 Å². The van der Waals surface area contributed by atoms with Crippen molar-refractivity contribution >= 4 is 15.9 Å². The number of carbonyl (C=O) groups is 1. The first-order valence-electron chi connectivity index (χ1n) is 2.78. The summed E-state index contributed by atoms with van der Waals surface area (Å²) in [7, 11) is -6.77. The number of hydrogen-bond donors (Lipinski definition) is 1. The standard InChI is InChI=1S/C3HF6NO4S/c4-2(5,6)1(11)10(12)15(13,14)3(7,8)9/h10H. The summed E-state index contributed by atoms with van der Waals surface area (Å²) in [6, 6.07) is 0. The molecule has 1 N–H and O–H groups in total. The fraction of sp³-hybridized carbons (Fsp3) is 0.667. The first-order chi connectivity index (χ1) is 6.32. The smallest absolute Gasteiger partial charge is 0.550 e. The lowest BCUT2D eigenvalue weighted by atomic mass is 10.6. The first-order valence-corrected chi connectivity index (χ1v) is 4.27. The van der Waals surface area contributed by atoms with Crippen molar-refractivity contribution in [1.82, 2.24) is 0 Å². The van der Waals surface area contributed by atoms with Crippen LogP contribution in [0, 0.1) is 5.21 Å². The van der Waals surface area contributed by atoms with E-state index in [4.69, 9.17) is 0 Å². The number of rotatable bonds is 1. The topological polar surface area (TPSA) is 78.7 Å². The van der Waals surface area contributed by atoms with E-state index in [1.54, 1.807) is 0 Å². The predicted octanol–water partition coefficient (Wildman–Crippen LogP) is -0.692. The van der Waals surface area contributed by atoms with Crippen LogP contribution in [0.1, 0.15) is 0 Å². The van der Waals surface area contributed by atoms with Crippen molar-refractivity contribution in [2.24, 2.45) is 0 Å². The number of alkyl halides is 6. The molecular formula is C3HF6NO4S. The molecular weight excluding hydrogens is 260 g/mol.